The molecule has 0 fully saturated rings. The Balaban J connectivity index is 2.16. The molecule has 9 heteroatoms. The summed E-state index contributed by atoms with van der Waals surface area (Å²) >= 11 is 0. The minimum absolute atomic E-state index is 0.0509. The zero-order valence-corrected chi connectivity index (χ0v) is 15.2. The molecule has 0 saturated carbocycles. The van der Waals surface area contributed by atoms with Crippen molar-refractivity contribution in [2.75, 3.05) is 20.3 Å². The van der Waals surface area contributed by atoms with Gasteiger partial charge in [-0.3, -0.25) is 4.57 Å². The average molecular weight is 386 g/mol. The van der Waals surface area contributed by atoms with Crippen molar-refractivity contribution in [1.29, 1.82) is 0 Å². The maximum atomic E-state index is 12.6. The SMILES string of the molecule is COCCOc1ccc(S(=O)(=O)c2ccc(CP(=O)(O)O)cc2)cc1. The Morgan fingerprint density at radius 3 is 1.92 bits per heavy atom. The normalized spacial score (nSPS) is 12.1. The van der Waals surface area contributed by atoms with Crippen molar-refractivity contribution in [1.82, 2.24) is 0 Å². The second kappa shape index (κ2) is 8.12. The summed E-state index contributed by atoms with van der Waals surface area (Å²) in [6, 6.07) is 11.5. The third kappa shape index (κ3) is 5.66. The lowest BCUT2D eigenvalue weighted by molar-refractivity contribution is 0.146. The first-order chi connectivity index (χ1) is 11.7. The quantitative estimate of drug-likeness (QED) is 0.529. The third-order valence-electron chi connectivity index (χ3n) is 3.31. The smallest absolute Gasteiger partial charge is 0.329 e. The molecule has 136 valence electrons. The first-order valence-electron chi connectivity index (χ1n) is 7.33. The number of sulfone groups is 1. The summed E-state index contributed by atoms with van der Waals surface area (Å²) in [6.07, 6.45) is -0.430. The average Bonchev–Trinajstić information content (AvgIpc) is 2.55. The Bertz CT molecular complexity index is 839. The van der Waals surface area contributed by atoms with Crippen LogP contribution in [-0.4, -0.2) is 38.5 Å². The lowest BCUT2D eigenvalue weighted by Crippen LogP contribution is -2.05. The molecule has 2 aromatic rings. The first-order valence-corrected chi connectivity index (χ1v) is 10.6. The van der Waals surface area contributed by atoms with E-state index in [4.69, 9.17) is 19.3 Å². The maximum absolute atomic E-state index is 12.6. The van der Waals surface area contributed by atoms with E-state index in [9.17, 15) is 13.0 Å². The van der Waals surface area contributed by atoms with Gasteiger partial charge >= 0.3 is 7.60 Å². The summed E-state index contributed by atoms with van der Waals surface area (Å²) < 4.78 is 46.4. The van der Waals surface area contributed by atoms with Gasteiger partial charge in [-0.1, -0.05) is 12.1 Å². The summed E-state index contributed by atoms with van der Waals surface area (Å²) in [5.74, 6) is 0.535. The van der Waals surface area contributed by atoms with Gasteiger partial charge in [-0.15, -0.1) is 0 Å². The Labute approximate surface area is 146 Å². The molecule has 0 amide bonds. The van der Waals surface area contributed by atoms with Crippen LogP contribution in [0.5, 0.6) is 5.75 Å². The highest BCUT2D eigenvalue weighted by molar-refractivity contribution is 7.91. The van der Waals surface area contributed by atoms with Crippen LogP contribution >= 0.6 is 7.60 Å². The van der Waals surface area contributed by atoms with Gasteiger partial charge in [0.05, 0.1) is 22.6 Å². The molecule has 0 aromatic heterocycles. The molecule has 25 heavy (non-hydrogen) atoms. The van der Waals surface area contributed by atoms with Crippen LogP contribution in [-0.2, 0) is 25.3 Å². The van der Waals surface area contributed by atoms with Gasteiger partial charge in [0.1, 0.15) is 12.4 Å². The minimum Gasteiger partial charge on any atom is -0.491 e. The van der Waals surface area contributed by atoms with Crippen LogP contribution in [0.2, 0.25) is 0 Å². The Morgan fingerprint density at radius 1 is 0.920 bits per heavy atom. The van der Waals surface area contributed by atoms with E-state index < -0.39 is 23.6 Å². The molecule has 0 atom stereocenters. The standard InChI is InChI=1S/C16H19O7PS/c1-22-10-11-23-14-4-8-16(9-5-14)25(20,21)15-6-2-13(3-7-15)12-24(17,18)19/h2-9H,10-12H2,1H3,(H2,17,18,19). The Kier molecular flexibility index (Phi) is 6.37. The highest BCUT2D eigenvalue weighted by atomic mass is 32.2. The topological polar surface area (TPSA) is 110 Å². The van der Waals surface area contributed by atoms with Gasteiger partial charge in [-0.25, -0.2) is 8.42 Å². The number of benzene rings is 2. The van der Waals surface area contributed by atoms with Crippen molar-refractivity contribution >= 4 is 17.4 Å². The minimum atomic E-state index is -4.19. The molecule has 0 aliphatic rings. The second-order valence-corrected chi connectivity index (χ2v) is 8.88. The fraction of sp³-hybridized carbons (Fsp3) is 0.250. The van der Waals surface area contributed by atoms with E-state index in [1.807, 2.05) is 0 Å². The maximum Gasteiger partial charge on any atom is 0.329 e. The van der Waals surface area contributed by atoms with E-state index in [2.05, 4.69) is 0 Å². The molecule has 0 bridgehead atoms. The highest BCUT2D eigenvalue weighted by Gasteiger charge is 2.19. The van der Waals surface area contributed by atoms with Crippen LogP contribution < -0.4 is 4.74 Å². The van der Waals surface area contributed by atoms with Crippen LogP contribution in [0.3, 0.4) is 0 Å². The van der Waals surface area contributed by atoms with Gasteiger partial charge in [-0.05, 0) is 42.0 Å². The monoisotopic (exact) mass is 386 g/mol. The molecule has 2 aromatic carbocycles. The van der Waals surface area contributed by atoms with Gasteiger partial charge in [0.2, 0.25) is 9.84 Å². The Hall–Kier alpha value is -1.70. The lowest BCUT2D eigenvalue weighted by Gasteiger charge is -2.09. The fourth-order valence-corrected chi connectivity index (χ4v) is 4.05. The highest BCUT2D eigenvalue weighted by Crippen LogP contribution is 2.39. The summed E-state index contributed by atoms with van der Waals surface area (Å²) in [7, 11) is -6.35. The molecular weight excluding hydrogens is 367 g/mol. The van der Waals surface area contributed by atoms with E-state index in [0.29, 0.717) is 24.5 Å². The second-order valence-electron chi connectivity index (χ2n) is 5.28. The first kappa shape index (κ1) is 19.6. The number of hydrogen-bond donors (Lipinski definition) is 2. The molecule has 7 nitrogen and oxygen atoms in total. The van der Waals surface area contributed by atoms with Crippen molar-refractivity contribution in [3.63, 3.8) is 0 Å². The van der Waals surface area contributed by atoms with Gasteiger partial charge in [-0.2, -0.15) is 0 Å². The molecule has 0 unspecified atom stereocenters. The van der Waals surface area contributed by atoms with Gasteiger partial charge < -0.3 is 19.3 Å². The van der Waals surface area contributed by atoms with Crippen molar-refractivity contribution in [2.45, 2.75) is 16.0 Å². The predicted molar refractivity (Wildman–Crippen MR) is 91.5 cm³/mol. The number of methoxy groups -OCH3 is 1. The summed E-state index contributed by atoms with van der Waals surface area (Å²) in [5, 5.41) is 0. The molecule has 0 spiro atoms. The summed E-state index contributed by atoms with van der Waals surface area (Å²) in [6.45, 7) is 0.796. The zero-order valence-electron chi connectivity index (χ0n) is 13.5. The number of rotatable bonds is 8. The molecule has 0 aliphatic heterocycles. The molecule has 2 rings (SSSR count). The summed E-state index contributed by atoms with van der Waals surface area (Å²) in [5.41, 5.74) is 0.370. The van der Waals surface area contributed by atoms with Crippen molar-refractivity contribution < 1.29 is 32.2 Å². The van der Waals surface area contributed by atoms with Crippen LogP contribution in [0, 0.1) is 0 Å². The molecule has 2 N–H and O–H groups in total. The van der Waals surface area contributed by atoms with Gasteiger partial charge in [0.25, 0.3) is 0 Å². The fourth-order valence-electron chi connectivity index (χ4n) is 2.11. The lowest BCUT2D eigenvalue weighted by atomic mass is 10.2. The van der Waals surface area contributed by atoms with Crippen molar-refractivity contribution in [3.05, 3.63) is 54.1 Å². The van der Waals surface area contributed by atoms with E-state index >= 15 is 0 Å². The largest absolute Gasteiger partial charge is 0.491 e. The van der Waals surface area contributed by atoms with E-state index in [1.54, 1.807) is 19.2 Å². The van der Waals surface area contributed by atoms with Crippen LogP contribution in [0.15, 0.2) is 58.3 Å². The molecule has 0 radical (unpaired) electrons. The van der Waals surface area contributed by atoms with E-state index in [1.165, 1.54) is 36.4 Å². The van der Waals surface area contributed by atoms with Crippen molar-refractivity contribution in [2.24, 2.45) is 0 Å². The van der Waals surface area contributed by atoms with E-state index in [-0.39, 0.29) is 9.79 Å². The zero-order chi connectivity index (χ0) is 18.5. The predicted octanol–water partition coefficient (Wildman–Crippen LogP) is 2.22. The Morgan fingerprint density at radius 2 is 1.44 bits per heavy atom. The third-order valence-corrected chi connectivity index (χ3v) is 5.88. The molecule has 0 aliphatic carbocycles. The van der Waals surface area contributed by atoms with Gasteiger partial charge in [0.15, 0.2) is 0 Å². The van der Waals surface area contributed by atoms with E-state index in [0.717, 1.165) is 0 Å². The summed E-state index contributed by atoms with van der Waals surface area (Å²) in [4.78, 5) is 18.1. The number of ether oxygens (including phenoxy) is 2. The number of hydrogen-bond acceptors (Lipinski definition) is 5. The molecule has 0 saturated heterocycles. The van der Waals surface area contributed by atoms with Crippen LogP contribution in [0.4, 0.5) is 0 Å². The molecular formula is C16H19O7PS. The molecule has 0 heterocycles. The van der Waals surface area contributed by atoms with Crippen LogP contribution in [0.1, 0.15) is 5.56 Å². The van der Waals surface area contributed by atoms with Gasteiger partial charge in [0, 0.05) is 7.11 Å². The van der Waals surface area contributed by atoms with Crippen LogP contribution in [0.25, 0.3) is 0 Å². The van der Waals surface area contributed by atoms with Crippen molar-refractivity contribution in [3.8, 4) is 5.75 Å².